The highest BCUT2D eigenvalue weighted by Crippen LogP contribution is 2.31. The van der Waals surface area contributed by atoms with Gasteiger partial charge in [-0.05, 0) is 42.4 Å². The smallest absolute Gasteiger partial charge is 0.0650 e. The second-order valence-corrected chi connectivity index (χ2v) is 5.96. The number of hydrogen-bond acceptors (Lipinski definition) is 1. The molecule has 0 unspecified atom stereocenters. The highest BCUT2D eigenvalue weighted by Gasteiger charge is 2.17. The minimum atomic E-state index is 0.959. The lowest BCUT2D eigenvalue weighted by Gasteiger charge is -2.26. The fraction of sp³-hybridized carbons (Fsp3) is 0.562. The lowest BCUT2D eigenvalue weighted by atomic mass is 9.80. The van der Waals surface area contributed by atoms with Crippen LogP contribution < -0.4 is 0 Å². The van der Waals surface area contributed by atoms with E-state index in [1.807, 2.05) is 6.20 Å². The van der Waals surface area contributed by atoms with Crippen molar-refractivity contribution in [3.05, 3.63) is 30.0 Å². The largest absolute Gasteiger partial charge is 0.278 e. The van der Waals surface area contributed by atoms with E-state index >= 15 is 0 Å². The molecule has 0 spiro atoms. The molecule has 0 bridgehead atoms. The van der Waals surface area contributed by atoms with Crippen molar-refractivity contribution >= 4 is 10.9 Å². The molecule has 1 aliphatic rings. The third kappa shape index (κ3) is 2.58. The predicted octanol–water partition coefficient (Wildman–Crippen LogP) is 4.32. The van der Waals surface area contributed by atoms with Gasteiger partial charge in [-0.15, -0.1) is 0 Å². The number of aromatic amines is 1. The fourth-order valence-corrected chi connectivity index (χ4v) is 3.14. The summed E-state index contributed by atoms with van der Waals surface area (Å²) in [6, 6.07) is 6.68. The normalized spacial score (nSPS) is 24.5. The van der Waals surface area contributed by atoms with E-state index in [-0.39, 0.29) is 0 Å². The first-order chi connectivity index (χ1) is 8.81. The molecule has 0 radical (unpaired) electrons. The van der Waals surface area contributed by atoms with Gasteiger partial charge in [-0.25, -0.2) is 0 Å². The Morgan fingerprint density at radius 1 is 1.22 bits per heavy atom. The molecule has 0 amide bonds. The second-order valence-electron chi connectivity index (χ2n) is 5.96. The average Bonchev–Trinajstić information content (AvgIpc) is 2.85. The molecule has 0 saturated heterocycles. The van der Waals surface area contributed by atoms with Gasteiger partial charge in [0.05, 0.1) is 11.7 Å². The van der Waals surface area contributed by atoms with E-state index in [0.717, 1.165) is 17.4 Å². The zero-order valence-corrected chi connectivity index (χ0v) is 11.2. The van der Waals surface area contributed by atoms with Crippen LogP contribution in [0.25, 0.3) is 10.9 Å². The number of benzene rings is 1. The van der Waals surface area contributed by atoms with E-state index in [9.17, 15) is 0 Å². The lowest BCUT2D eigenvalue weighted by molar-refractivity contribution is 0.278. The SMILES string of the molecule is CC1CCC(CCc2ccc3[nH]ncc3c2)CC1. The van der Waals surface area contributed by atoms with Crippen molar-refractivity contribution in [2.75, 3.05) is 0 Å². The summed E-state index contributed by atoms with van der Waals surface area (Å²) in [5.41, 5.74) is 2.60. The van der Waals surface area contributed by atoms with Crippen molar-refractivity contribution in [3.63, 3.8) is 0 Å². The average molecular weight is 242 g/mol. The van der Waals surface area contributed by atoms with Crippen LogP contribution in [-0.2, 0) is 6.42 Å². The second kappa shape index (κ2) is 5.13. The van der Waals surface area contributed by atoms with E-state index in [2.05, 4.69) is 35.3 Å². The number of aromatic nitrogens is 2. The maximum Gasteiger partial charge on any atom is 0.0650 e. The molecule has 1 fully saturated rings. The van der Waals surface area contributed by atoms with Crippen molar-refractivity contribution < 1.29 is 0 Å². The van der Waals surface area contributed by atoms with Crippen LogP contribution in [0.2, 0.25) is 0 Å². The maximum absolute atomic E-state index is 4.08. The molecule has 1 saturated carbocycles. The van der Waals surface area contributed by atoms with E-state index < -0.39 is 0 Å². The summed E-state index contributed by atoms with van der Waals surface area (Å²) in [5.74, 6) is 1.92. The Balaban J connectivity index is 1.59. The quantitative estimate of drug-likeness (QED) is 0.853. The van der Waals surface area contributed by atoms with Gasteiger partial charge in [-0.2, -0.15) is 5.10 Å². The van der Waals surface area contributed by atoms with E-state index in [0.29, 0.717) is 0 Å². The van der Waals surface area contributed by atoms with Crippen molar-refractivity contribution in [2.24, 2.45) is 11.8 Å². The maximum atomic E-state index is 4.08. The van der Waals surface area contributed by atoms with Crippen molar-refractivity contribution in [3.8, 4) is 0 Å². The highest BCUT2D eigenvalue weighted by molar-refractivity contribution is 5.78. The first kappa shape index (κ1) is 11.8. The standard InChI is InChI=1S/C16H22N2/c1-12-2-4-13(5-3-12)6-7-14-8-9-16-15(10-14)11-17-18-16/h8-13H,2-7H2,1H3,(H,17,18). The van der Waals surface area contributed by atoms with Gasteiger partial charge >= 0.3 is 0 Å². The predicted molar refractivity (Wildman–Crippen MR) is 75.5 cm³/mol. The summed E-state index contributed by atoms with van der Waals surface area (Å²) >= 11 is 0. The number of H-pyrrole nitrogens is 1. The van der Waals surface area contributed by atoms with Crippen LogP contribution in [0.15, 0.2) is 24.4 Å². The number of aryl methyl sites for hydroxylation is 1. The summed E-state index contributed by atoms with van der Waals surface area (Å²) in [4.78, 5) is 0. The molecule has 0 atom stereocenters. The summed E-state index contributed by atoms with van der Waals surface area (Å²) in [7, 11) is 0. The zero-order chi connectivity index (χ0) is 12.4. The molecule has 1 aromatic heterocycles. The molecule has 1 N–H and O–H groups in total. The number of hydrogen-bond donors (Lipinski definition) is 1. The summed E-state index contributed by atoms with van der Waals surface area (Å²) in [6.07, 6.45) is 10.2. The molecule has 2 nitrogen and oxygen atoms in total. The van der Waals surface area contributed by atoms with Gasteiger partial charge in [0, 0.05) is 5.39 Å². The molecule has 1 aliphatic carbocycles. The van der Waals surface area contributed by atoms with Crippen LogP contribution in [-0.4, -0.2) is 10.2 Å². The van der Waals surface area contributed by atoms with Gasteiger partial charge in [-0.3, -0.25) is 5.10 Å². The molecular formula is C16H22N2. The minimum Gasteiger partial charge on any atom is -0.278 e. The highest BCUT2D eigenvalue weighted by atomic mass is 15.1. The third-order valence-corrected chi connectivity index (χ3v) is 4.48. The fourth-order valence-electron chi connectivity index (χ4n) is 3.14. The van der Waals surface area contributed by atoms with Gasteiger partial charge < -0.3 is 0 Å². The van der Waals surface area contributed by atoms with Crippen LogP contribution in [0.1, 0.15) is 44.6 Å². The first-order valence-electron chi connectivity index (χ1n) is 7.23. The summed E-state index contributed by atoms with van der Waals surface area (Å²) in [6.45, 7) is 2.39. The van der Waals surface area contributed by atoms with E-state index in [1.54, 1.807) is 0 Å². The Morgan fingerprint density at radius 3 is 2.89 bits per heavy atom. The van der Waals surface area contributed by atoms with Crippen LogP contribution in [0, 0.1) is 11.8 Å². The number of nitrogens with one attached hydrogen (secondary N) is 1. The van der Waals surface area contributed by atoms with Crippen molar-refractivity contribution in [1.82, 2.24) is 10.2 Å². The first-order valence-corrected chi connectivity index (χ1v) is 7.23. The molecule has 0 aliphatic heterocycles. The van der Waals surface area contributed by atoms with Gasteiger partial charge in [0.25, 0.3) is 0 Å². The molecule has 18 heavy (non-hydrogen) atoms. The number of nitrogens with zero attached hydrogens (tertiary/aromatic N) is 1. The van der Waals surface area contributed by atoms with E-state index in [1.165, 1.54) is 49.5 Å². The third-order valence-electron chi connectivity index (χ3n) is 4.48. The van der Waals surface area contributed by atoms with Gasteiger partial charge in [-0.1, -0.05) is 38.7 Å². The van der Waals surface area contributed by atoms with Gasteiger partial charge in [0.2, 0.25) is 0 Å². The minimum absolute atomic E-state index is 0.959. The Bertz CT molecular complexity index is 507. The summed E-state index contributed by atoms with van der Waals surface area (Å²) in [5, 5.41) is 8.32. The monoisotopic (exact) mass is 242 g/mol. The summed E-state index contributed by atoms with van der Waals surface area (Å²) < 4.78 is 0. The van der Waals surface area contributed by atoms with Crippen LogP contribution in [0.4, 0.5) is 0 Å². The van der Waals surface area contributed by atoms with Crippen LogP contribution in [0.3, 0.4) is 0 Å². The Hall–Kier alpha value is -1.31. The molecule has 3 rings (SSSR count). The molecule has 1 heterocycles. The van der Waals surface area contributed by atoms with Gasteiger partial charge in [0.15, 0.2) is 0 Å². The zero-order valence-electron chi connectivity index (χ0n) is 11.2. The van der Waals surface area contributed by atoms with Crippen LogP contribution >= 0.6 is 0 Å². The van der Waals surface area contributed by atoms with Crippen molar-refractivity contribution in [1.29, 1.82) is 0 Å². The Morgan fingerprint density at radius 2 is 2.06 bits per heavy atom. The molecule has 2 heteroatoms. The molecule has 96 valence electrons. The molecular weight excluding hydrogens is 220 g/mol. The molecule has 2 aromatic rings. The van der Waals surface area contributed by atoms with Crippen LogP contribution in [0.5, 0.6) is 0 Å². The number of fused-ring (bicyclic) bond motifs is 1. The van der Waals surface area contributed by atoms with Crippen molar-refractivity contribution in [2.45, 2.75) is 45.4 Å². The van der Waals surface area contributed by atoms with E-state index in [4.69, 9.17) is 0 Å². The van der Waals surface area contributed by atoms with Gasteiger partial charge in [0.1, 0.15) is 0 Å². The number of rotatable bonds is 3. The Labute approximate surface area is 109 Å². The lowest BCUT2D eigenvalue weighted by Crippen LogP contribution is -2.12. The topological polar surface area (TPSA) is 28.7 Å². The Kier molecular flexibility index (Phi) is 3.35. The molecule has 1 aromatic carbocycles.